The van der Waals surface area contributed by atoms with Gasteiger partial charge in [-0.15, -0.1) is 0 Å². The molecule has 0 atom stereocenters. The molecule has 1 saturated heterocycles. The summed E-state index contributed by atoms with van der Waals surface area (Å²) in [5.41, 5.74) is 1.78. The fourth-order valence-electron chi connectivity index (χ4n) is 3.70. The number of piperidine rings is 1. The number of fused-ring (bicyclic) bond motifs is 1. The first-order valence-electron chi connectivity index (χ1n) is 9.62. The summed E-state index contributed by atoms with van der Waals surface area (Å²) in [6.07, 6.45) is 3.06. The number of nitrogens with one attached hydrogen (secondary N) is 1. The van der Waals surface area contributed by atoms with E-state index in [9.17, 15) is 9.59 Å². The van der Waals surface area contributed by atoms with Crippen LogP contribution in [0.1, 0.15) is 28.8 Å². The Balaban J connectivity index is 1.40. The number of aromatic nitrogens is 1. The molecule has 3 aromatic rings. The van der Waals surface area contributed by atoms with Gasteiger partial charge in [0.2, 0.25) is 5.91 Å². The van der Waals surface area contributed by atoms with Crippen LogP contribution in [0.25, 0.3) is 10.8 Å². The normalized spacial score (nSPS) is 14.8. The smallest absolute Gasteiger partial charge is 0.254 e. The Morgan fingerprint density at radius 1 is 1.00 bits per heavy atom. The monoisotopic (exact) mass is 373 g/mol. The quantitative estimate of drug-likeness (QED) is 0.754. The third kappa shape index (κ3) is 3.74. The lowest BCUT2D eigenvalue weighted by molar-refractivity contribution is -0.121. The fourth-order valence-corrected chi connectivity index (χ4v) is 3.70. The third-order valence-corrected chi connectivity index (χ3v) is 5.34. The summed E-state index contributed by atoms with van der Waals surface area (Å²) in [5.74, 6) is 0.494. The van der Waals surface area contributed by atoms with Crippen LogP contribution < -0.4 is 5.32 Å². The molecule has 5 heteroatoms. The Labute approximate surface area is 164 Å². The number of likely N-dealkylation sites (tertiary alicyclic amines) is 1. The highest BCUT2D eigenvalue weighted by Gasteiger charge is 2.28. The van der Waals surface area contributed by atoms with Gasteiger partial charge >= 0.3 is 0 Å². The predicted octanol–water partition coefficient (Wildman–Crippen LogP) is 4.03. The van der Waals surface area contributed by atoms with Crippen LogP contribution in [-0.2, 0) is 4.79 Å². The number of aryl methyl sites for hydroxylation is 1. The van der Waals surface area contributed by atoms with E-state index in [1.807, 2.05) is 66.4 Å². The van der Waals surface area contributed by atoms with Gasteiger partial charge in [0.25, 0.3) is 5.91 Å². The van der Waals surface area contributed by atoms with Crippen molar-refractivity contribution in [3.05, 3.63) is 71.9 Å². The average Bonchev–Trinajstić information content (AvgIpc) is 2.74. The van der Waals surface area contributed by atoms with E-state index < -0.39 is 0 Å². The van der Waals surface area contributed by atoms with Crippen molar-refractivity contribution >= 4 is 28.4 Å². The molecule has 1 fully saturated rings. The van der Waals surface area contributed by atoms with Gasteiger partial charge in [0.15, 0.2) is 0 Å². The molecule has 1 aliphatic heterocycles. The van der Waals surface area contributed by atoms with Gasteiger partial charge in [-0.1, -0.05) is 42.5 Å². The Hall–Kier alpha value is -3.21. The first-order chi connectivity index (χ1) is 13.6. The van der Waals surface area contributed by atoms with Crippen molar-refractivity contribution < 1.29 is 9.59 Å². The highest BCUT2D eigenvalue weighted by Crippen LogP contribution is 2.24. The Morgan fingerprint density at radius 2 is 1.75 bits per heavy atom. The number of anilines is 1. The number of pyridine rings is 1. The summed E-state index contributed by atoms with van der Waals surface area (Å²) in [6, 6.07) is 17.5. The predicted molar refractivity (Wildman–Crippen MR) is 110 cm³/mol. The standard InChI is InChI=1S/C23H23N3O2/c1-16-9-10-21(24-15-16)25-22(27)18-11-13-26(14-12-18)23(28)20-8-4-6-17-5-2-3-7-19(17)20/h2-10,15,18H,11-14H2,1H3,(H,24,25,27). The van der Waals surface area contributed by atoms with Gasteiger partial charge in [0, 0.05) is 30.8 Å². The number of amides is 2. The van der Waals surface area contributed by atoms with E-state index in [4.69, 9.17) is 0 Å². The van der Waals surface area contributed by atoms with Crippen LogP contribution in [0.2, 0.25) is 0 Å². The molecule has 2 amide bonds. The SMILES string of the molecule is Cc1ccc(NC(=O)C2CCN(C(=O)c3cccc4ccccc34)CC2)nc1. The molecule has 2 aromatic carbocycles. The molecule has 0 aliphatic carbocycles. The van der Waals surface area contributed by atoms with Gasteiger partial charge < -0.3 is 10.2 Å². The summed E-state index contributed by atoms with van der Waals surface area (Å²) in [7, 11) is 0. The summed E-state index contributed by atoms with van der Waals surface area (Å²) >= 11 is 0. The highest BCUT2D eigenvalue weighted by molar-refractivity contribution is 6.07. The molecule has 1 aromatic heterocycles. The van der Waals surface area contributed by atoms with Crippen molar-refractivity contribution in [3.63, 3.8) is 0 Å². The van der Waals surface area contributed by atoms with Crippen LogP contribution in [0.5, 0.6) is 0 Å². The number of carbonyl (C=O) groups is 2. The molecule has 1 aliphatic rings. The van der Waals surface area contributed by atoms with Crippen molar-refractivity contribution in [2.75, 3.05) is 18.4 Å². The van der Waals surface area contributed by atoms with E-state index in [-0.39, 0.29) is 17.7 Å². The van der Waals surface area contributed by atoms with Crippen molar-refractivity contribution in [1.82, 2.24) is 9.88 Å². The van der Waals surface area contributed by atoms with E-state index in [0.717, 1.165) is 21.9 Å². The number of benzene rings is 2. The van der Waals surface area contributed by atoms with E-state index in [0.29, 0.717) is 31.7 Å². The van der Waals surface area contributed by atoms with Gasteiger partial charge in [-0.05, 0) is 48.2 Å². The van der Waals surface area contributed by atoms with Gasteiger partial charge in [0.05, 0.1) is 0 Å². The lowest BCUT2D eigenvalue weighted by Crippen LogP contribution is -2.41. The zero-order valence-electron chi connectivity index (χ0n) is 15.9. The molecule has 1 N–H and O–H groups in total. The second-order valence-corrected chi connectivity index (χ2v) is 7.30. The maximum atomic E-state index is 13.0. The van der Waals surface area contributed by atoms with Crippen LogP contribution in [0.4, 0.5) is 5.82 Å². The zero-order chi connectivity index (χ0) is 19.5. The molecule has 0 spiro atoms. The average molecular weight is 373 g/mol. The molecule has 142 valence electrons. The lowest BCUT2D eigenvalue weighted by atomic mass is 9.95. The first kappa shape index (κ1) is 18.2. The largest absolute Gasteiger partial charge is 0.339 e. The molecule has 5 nitrogen and oxygen atoms in total. The van der Waals surface area contributed by atoms with Crippen molar-refractivity contribution in [2.24, 2.45) is 5.92 Å². The minimum Gasteiger partial charge on any atom is -0.339 e. The number of rotatable bonds is 3. The molecular weight excluding hydrogens is 350 g/mol. The van der Waals surface area contributed by atoms with E-state index in [1.54, 1.807) is 6.20 Å². The second kappa shape index (κ2) is 7.80. The fraction of sp³-hybridized carbons (Fsp3) is 0.261. The summed E-state index contributed by atoms with van der Waals surface area (Å²) < 4.78 is 0. The minimum absolute atomic E-state index is 0.0198. The molecule has 0 unspecified atom stereocenters. The number of nitrogens with zero attached hydrogens (tertiary/aromatic N) is 2. The van der Waals surface area contributed by atoms with Crippen molar-refractivity contribution in [1.29, 1.82) is 0 Å². The highest BCUT2D eigenvalue weighted by atomic mass is 16.2. The lowest BCUT2D eigenvalue weighted by Gasteiger charge is -2.31. The topological polar surface area (TPSA) is 62.3 Å². The summed E-state index contributed by atoms with van der Waals surface area (Å²) in [6.45, 7) is 3.13. The van der Waals surface area contributed by atoms with Gasteiger partial charge in [-0.3, -0.25) is 9.59 Å². The zero-order valence-corrected chi connectivity index (χ0v) is 15.9. The second-order valence-electron chi connectivity index (χ2n) is 7.30. The third-order valence-electron chi connectivity index (χ3n) is 5.34. The minimum atomic E-state index is -0.0975. The van der Waals surface area contributed by atoms with Crippen LogP contribution in [-0.4, -0.2) is 34.8 Å². The molecular formula is C23H23N3O2. The molecule has 0 bridgehead atoms. The van der Waals surface area contributed by atoms with E-state index in [2.05, 4.69) is 10.3 Å². The molecule has 2 heterocycles. The van der Waals surface area contributed by atoms with Crippen LogP contribution in [0, 0.1) is 12.8 Å². The van der Waals surface area contributed by atoms with Gasteiger partial charge in [-0.2, -0.15) is 0 Å². The summed E-state index contributed by atoms with van der Waals surface area (Å²) in [5, 5.41) is 4.92. The Bertz CT molecular complexity index is 1000. The number of hydrogen-bond acceptors (Lipinski definition) is 3. The van der Waals surface area contributed by atoms with E-state index >= 15 is 0 Å². The van der Waals surface area contributed by atoms with E-state index in [1.165, 1.54) is 0 Å². The molecule has 0 saturated carbocycles. The van der Waals surface area contributed by atoms with Crippen LogP contribution >= 0.6 is 0 Å². The van der Waals surface area contributed by atoms with Crippen LogP contribution in [0.15, 0.2) is 60.8 Å². The number of hydrogen-bond donors (Lipinski definition) is 1. The van der Waals surface area contributed by atoms with Gasteiger partial charge in [0.1, 0.15) is 5.82 Å². The van der Waals surface area contributed by atoms with Gasteiger partial charge in [-0.25, -0.2) is 4.98 Å². The molecule has 28 heavy (non-hydrogen) atoms. The first-order valence-corrected chi connectivity index (χ1v) is 9.62. The van der Waals surface area contributed by atoms with Crippen LogP contribution in [0.3, 0.4) is 0 Å². The maximum Gasteiger partial charge on any atom is 0.254 e. The maximum absolute atomic E-state index is 13.0. The Morgan fingerprint density at radius 3 is 2.50 bits per heavy atom. The van der Waals surface area contributed by atoms with Crippen molar-refractivity contribution in [3.8, 4) is 0 Å². The summed E-state index contributed by atoms with van der Waals surface area (Å²) in [4.78, 5) is 31.6. The van der Waals surface area contributed by atoms with Crippen molar-refractivity contribution in [2.45, 2.75) is 19.8 Å². The molecule has 0 radical (unpaired) electrons. The molecule has 4 rings (SSSR count). The number of carbonyl (C=O) groups excluding carboxylic acids is 2. The Kier molecular flexibility index (Phi) is 5.06.